The Bertz CT molecular complexity index is 1700. The van der Waals surface area contributed by atoms with E-state index in [1.54, 1.807) is 29.2 Å². The minimum atomic E-state index is -0.367. The molecule has 0 bridgehead atoms. The van der Waals surface area contributed by atoms with Gasteiger partial charge < -0.3 is 15.0 Å². The summed E-state index contributed by atoms with van der Waals surface area (Å²) in [6.45, 7) is 10.1. The number of aromatic nitrogens is 3. The van der Waals surface area contributed by atoms with E-state index < -0.39 is 0 Å². The van der Waals surface area contributed by atoms with Crippen molar-refractivity contribution in [2.75, 3.05) is 26.2 Å². The van der Waals surface area contributed by atoms with Crippen molar-refractivity contribution in [2.24, 2.45) is 0 Å². The van der Waals surface area contributed by atoms with Gasteiger partial charge in [0.1, 0.15) is 10.7 Å². The number of hydrogen-bond donors (Lipinski definition) is 1. The molecule has 1 fully saturated rings. The Morgan fingerprint density at radius 3 is 2.48 bits per heavy atom. The van der Waals surface area contributed by atoms with Crippen molar-refractivity contribution in [3.05, 3.63) is 85.2 Å². The Hall–Kier alpha value is -3.50. The fourth-order valence-corrected chi connectivity index (χ4v) is 5.80. The molecular weight excluding hydrogens is 593 g/mol. The fourth-order valence-electron chi connectivity index (χ4n) is 4.69. The Morgan fingerprint density at radius 2 is 1.81 bits per heavy atom. The number of amides is 1. The first-order valence-electron chi connectivity index (χ1n) is 13.6. The first-order chi connectivity index (χ1) is 20.1. The number of hydrogen-bond acceptors (Lipinski definition) is 7. The zero-order chi connectivity index (χ0) is 30.0. The van der Waals surface area contributed by atoms with E-state index in [2.05, 4.69) is 10.3 Å². The van der Waals surface area contributed by atoms with Gasteiger partial charge in [-0.1, -0.05) is 40.9 Å². The number of pyridine rings is 2. The van der Waals surface area contributed by atoms with E-state index in [1.807, 2.05) is 51.3 Å². The first kappa shape index (κ1) is 30.0. The molecule has 0 unspecified atom stereocenters. The van der Waals surface area contributed by atoms with Gasteiger partial charge in [0.25, 0.3) is 11.5 Å². The largest absolute Gasteiger partial charge is 0.473 e. The lowest BCUT2D eigenvalue weighted by molar-refractivity contribution is 0.0735. The molecule has 0 atom stereocenters. The Kier molecular flexibility index (Phi) is 9.13. The maximum Gasteiger partial charge on any atom is 0.266 e. The molecule has 4 heterocycles. The number of thiazole rings is 1. The quantitative estimate of drug-likeness (QED) is 0.250. The molecule has 0 saturated carbocycles. The summed E-state index contributed by atoms with van der Waals surface area (Å²) in [4.78, 5) is 39.6. The average Bonchev–Trinajstić information content (AvgIpc) is 3.44. The van der Waals surface area contributed by atoms with Crippen LogP contribution >= 0.6 is 34.5 Å². The average molecular weight is 625 g/mol. The number of ether oxygens (including phenoxy) is 1. The topological polar surface area (TPSA) is 89.4 Å². The van der Waals surface area contributed by atoms with Gasteiger partial charge >= 0.3 is 0 Å². The molecule has 0 radical (unpaired) electrons. The van der Waals surface area contributed by atoms with Crippen molar-refractivity contribution in [2.45, 2.75) is 33.8 Å². The number of carbonyl (C=O) groups is 1. The summed E-state index contributed by atoms with van der Waals surface area (Å²) >= 11 is 13.8. The number of allylic oxidation sites excluding steroid dienone is 1. The van der Waals surface area contributed by atoms with E-state index in [0.29, 0.717) is 69.4 Å². The number of carbonyl (C=O) groups excluding carboxylic acids is 1. The van der Waals surface area contributed by atoms with Crippen molar-refractivity contribution in [1.82, 2.24) is 24.8 Å². The maximum atomic E-state index is 14.5. The van der Waals surface area contributed by atoms with Crippen LogP contribution in [-0.2, 0) is 0 Å². The maximum absolute atomic E-state index is 14.5. The Labute approximate surface area is 258 Å². The summed E-state index contributed by atoms with van der Waals surface area (Å²) in [6, 6.07) is 10.7. The zero-order valence-electron chi connectivity index (χ0n) is 23.8. The smallest absolute Gasteiger partial charge is 0.266 e. The van der Waals surface area contributed by atoms with E-state index in [0.717, 1.165) is 11.1 Å². The molecule has 1 aliphatic rings. The van der Waals surface area contributed by atoms with Gasteiger partial charge in [-0.15, -0.1) is 11.3 Å². The molecule has 1 aliphatic heterocycles. The van der Waals surface area contributed by atoms with E-state index in [9.17, 15) is 9.59 Å². The molecule has 0 aliphatic carbocycles. The van der Waals surface area contributed by atoms with Crippen LogP contribution in [0, 0.1) is 0 Å². The third-order valence-corrected chi connectivity index (χ3v) is 7.89. The van der Waals surface area contributed by atoms with Crippen molar-refractivity contribution in [3.63, 3.8) is 0 Å². The van der Waals surface area contributed by atoms with Crippen molar-refractivity contribution in [1.29, 1.82) is 0 Å². The molecule has 1 amide bonds. The van der Waals surface area contributed by atoms with Gasteiger partial charge in [-0.2, -0.15) is 0 Å². The number of rotatable bonds is 7. The van der Waals surface area contributed by atoms with Gasteiger partial charge in [-0.3, -0.25) is 14.2 Å². The summed E-state index contributed by atoms with van der Waals surface area (Å²) in [6.07, 6.45) is 3.09. The third-order valence-electron chi connectivity index (χ3n) is 6.56. The minimum Gasteiger partial charge on any atom is -0.473 e. The molecule has 42 heavy (non-hydrogen) atoms. The van der Waals surface area contributed by atoms with Gasteiger partial charge in [0.05, 0.1) is 33.6 Å². The highest BCUT2D eigenvalue weighted by Crippen LogP contribution is 2.32. The van der Waals surface area contributed by atoms with E-state index in [4.69, 9.17) is 32.9 Å². The summed E-state index contributed by atoms with van der Waals surface area (Å²) in [7, 11) is 0. The van der Waals surface area contributed by atoms with E-state index in [1.165, 1.54) is 22.1 Å². The SMILES string of the molecule is CC(C)=Cc1c(C(=O)N2CCNCC2)cc(-c2nc(-c3ccc(Cl)cc3)cs2)c(=O)n1-c1cc(Cl)cnc1OC(C)C. The molecule has 1 N–H and O–H groups in total. The molecule has 4 aromatic rings. The normalized spacial score (nSPS) is 13.4. The lowest BCUT2D eigenvalue weighted by Crippen LogP contribution is -2.47. The molecule has 3 aromatic heterocycles. The van der Waals surface area contributed by atoms with Crippen LogP contribution in [0.5, 0.6) is 5.88 Å². The molecular formula is C31H31Cl2N5O3S. The second-order valence-corrected chi connectivity index (χ2v) is 12.2. The molecule has 1 aromatic carbocycles. The minimum absolute atomic E-state index is 0.171. The number of nitrogens with zero attached hydrogens (tertiary/aromatic N) is 4. The van der Waals surface area contributed by atoms with Crippen LogP contribution in [0.25, 0.3) is 33.6 Å². The summed E-state index contributed by atoms with van der Waals surface area (Å²) in [5, 5.41) is 6.61. The molecule has 5 rings (SSSR count). The molecule has 218 valence electrons. The highest BCUT2D eigenvalue weighted by Gasteiger charge is 2.27. The van der Waals surface area contributed by atoms with Crippen LogP contribution in [0.4, 0.5) is 0 Å². The predicted molar refractivity (Wildman–Crippen MR) is 170 cm³/mol. The van der Waals surface area contributed by atoms with Crippen molar-refractivity contribution < 1.29 is 9.53 Å². The van der Waals surface area contributed by atoms with Gasteiger partial charge in [0.2, 0.25) is 5.88 Å². The van der Waals surface area contributed by atoms with Gasteiger partial charge in [0, 0.05) is 48.3 Å². The molecule has 8 nitrogen and oxygen atoms in total. The third kappa shape index (κ3) is 6.44. The van der Waals surface area contributed by atoms with Gasteiger partial charge in [-0.05, 0) is 58.0 Å². The zero-order valence-corrected chi connectivity index (χ0v) is 26.1. The Balaban J connectivity index is 1.80. The number of piperazine rings is 1. The summed E-state index contributed by atoms with van der Waals surface area (Å²) in [5.41, 5.74) is 3.56. The van der Waals surface area contributed by atoms with Crippen LogP contribution in [0.2, 0.25) is 10.0 Å². The van der Waals surface area contributed by atoms with E-state index in [-0.39, 0.29) is 23.5 Å². The van der Waals surface area contributed by atoms with Crippen LogP contribution in [0.3, 0.4) is 0 Å². The van der Waals surface area contributed by atoms with Crippen LogP contribution in [-0.4, -0.2) is 57.6 Å². The molecule has 11 heteroatoms. The van der Waals surface area contributed by atoms with Crippen molar-refractivity contribution >= 4 is 46.5 Å². The number of nitrogens with one attached hydrogen (secondary N) is 1. The molecule has 1 saturated heterocycles. The van der Waals surface area contributed by atoms with Crippen LogP contribution in [0.15, 0.2) is 58.3 Å². The second-order valence-electron chi connectivity index (χ2n) is 10.5. The lowest BCUT2D eigenvalue weighted by atomic mass is 10.0. The fraction of sp³-hybridized carbons (Fsp3) is 0.290. The summed E-state index contributed by atoms with van der Waals surface area (Å²) < 4.78 is 7.51. The van der Waals surface area contributed by atoms with Crippen LogP contribution in [0.1, 0.15) is 43.7 Å². The van der Waals surface area contributed by atoms with Gasteiger partial charge in [0.15, 0.2) is 0 Å². The van der Waals surface area contributed by atoms with Gasteiger partial charge in [-0.25, -0.2) is 9.97 Å². The highest BCUT2D eigenvalue weighted by molar-refractivity contribution is 7.13. The Morgan fingerprint density at radius 1 is 1.10 bits per heavy atom. The molecule has 0 spiro atoms. The predicted octanol–water partition coefficient (Wildman–Crippen LogP) is 6.59. The monoisotopic (exact) mass is 623 g/mol. The number of benzene rings is 1. The second kappa shape index (κ2) is 12.8. The highest BCUT2D eigenvalue weighted by atomic mass is 35.5. The first-order valence-corrected chi connectivity index (χ1v) is 15.2. The number of halogens is 2. The lowest BCUT2D eigenvalue weighted by Gasteiger charge is -2.29. The van der Waals surface area contributed by atoms with E-state index >= 15 is 0 Å². The summed E-state index contributed by atoms with van der Waals surface area (Å²) in [5.74, 6) is 0.0633. The van der Waals surface area contributed by atoms with Crippen LogP contribution < -0.4 is 15.6 Å². The standard InChI is InChI=1S/C31H31Cl2N5O3S/c1-18(2)13-26-23(30(39)37-11-9-34-10-12-37)15-24(29-36-25(17-42-29)20-5-7-21(32)8-6-20)31(40)38(26)27-14-22(33)16-35-28(27)41-19(3)4/h5-8,13-17,19,34H,9-12H2,1-4H3. The van der Waals surface area contributed by atoms with Crippen molar-refractivity contribution in [3.8, 4) is 33.4 Å².